The van der Waals surface area contributed by atoms with Crippen molar-refractivity contribution in [3.63, 3.8) is 0 Å². The van der Waals surface area contributed by atoms with E-state index in [0.29, 0.717) is 32.1 Å². The zero-order valence-electron chi connectivity index (χ0n) is 15.3. The molecule has 4 fully saturated rings. The minimum absolute atomic E-state index is 0. The van der Waals surface area contributed by atoms with Crippen molar-refractivity contribution in [2.24, 2.45) is 15.8 Å². The Morgan fingerprint density at radius 3 is 1.54 bits per heavy atom. The van der Waals surface area contributed by atoms with E-state index in [9.17, 15) is 15.0 Å². The van der Waals surface area contributed by atoms with Crippen LogP contribution in [0, 0.1) is 10.8 Å². The van der Waals surface area contributed by atoms with Crippen molar-refractivity contribution in [3.8, 4) is 0 Å². The summed E-state index contributed by atoms with van der Waals surface area (Å²) < 4.78 is 0. The fourth-order valence-electron chi connectivity index (χ4n) is 4.98. The molecule has 26 heavy (non-hydrogen) atoms. The Labute approximate surface area is 157 Å². The number of carbonyl (C=O) groups is 1. The predicted octanol–water partition coefficient (Wildman–Crippen LogP) is 2.78. The van der Waals surface area contributed by atoms with Crippen molar-refractivity contribution in [1.29, 1.82) is 0 Å². The lowest BCUT2D eigenvalue weighted by molar-refractivity contribution is -0.148. The van der Waals surface area contributed by atoms with E-state index in [4.69, 9.17) is 10.2 Å². The molecule has 4 rings (SSSR count). The summed E-state index contributed by atoms with van der Waals surface area (Å²) in [5.41, 5.74) is -1.45. The Balaban J connectivity index is 0.000000211. The molecule has 0 aromatic rings. The summed E-state index contributed by atoms with van der Waals surface area (Å²) in [7, 11) is 0. The lowest BCUT2D eigenvalue weighted by Gasteiger charge is -2.23. The lowest BCUT2D eigenvalue weighted by atomic mass is 9.84. The van der Waals surface area contributed by atoms with Crippen LogP contribution >= 0.6 is 0 Å². The first-order chi connectivity index (χ1) is 11.7. The van der Waals surface area contributed by atoms with E-state index in [1.807, 2.05) is 6.92 Å². The van der Waals surface area contributed by atoms with E-state index in [-0.39, 0.29) is 25.0 Å². The fraction of sp³-hybridized carbons (Fsp3) is 0.900. The summed E-state index contributed by atoms with van der Waals surface area (Å²) in [4.78, 5) is 14.3. The van der Waals surface area contributed by atoms with Crippen LogP contribution in [0.3, 0.4) is 0 Å². The molecule has 4 saturated carbocycles. The number of aliphatic hydroxyl groups is 3. The zero-order chi connectivity index (χ0) is 18.8. The Morgan fingerprint density at radius 1 is 0.962 bits per heavy atom. The maximum Gasteiger partial charge on any atom is 0.309 e. The van der Waals surface area contributed by atoms with E-state index >= 15 is 0 Å². The molecule has 0 unspecified atom stereocenters. The zero-order valence-corrected chi connectivity index (χ0v) is 15.3. The highest BCUT2D eigenvalue weighted by Gasteiger charge is 2.57. The standard InChI is InChI=1S/C8H12O3.C8H14O2.C3H7N.CH4/c9-6(10)7-1-3-8(11,5-7)4-2-7;9-6-7-1-3-8(10,5-7)4-2-7;1-3-4-2;/h11H,1-5H2,(H,9,10);9-10H,1-6H2;2-3H2,1H3;1H4. The van der Waals surface area contributed by atoms with Gasteiger partial charge in [-0.3, -0.25) is 4.79 Å². The number of fused-ring (bicyclic) bond motifs is 4. The Bertz CT molecular complexity index is 488. The number of hydrogen-bond acceptors (Lipinski definition) is 5. The van der Waals surface area contributed by atoms with Crippen molar-refractivity contribution >= 4 is 12.7 Å². The summed E-state index contributed by atoms with van der Waals surface area (Å²) in [6.45, 7) is 6.29. The third-order valence-electron chi connectivity index (χ3n) is 6.76. The van der Waals surface area contributed by atoms with Crippen LogP contribution in [0.2, 0.25) is 0 Å². The number of carboxylic acid groups (broad SMARTS) is 1. The Hall–Kier alpha value is -0.980. The first kappa shape index (κ1) is 23.1. The van der Waals surface area contributed by atoms with Crippen molar-refractivity contribution in [2.75, 3.05) is 13.2 Å². The van der Waals surface area contributed by atoms with Crippen molar-refractivity contribution in [2.45, 2.75) is 89.8 Å². The van der Waals surface area contributed by atoms with E-state index in [2.05, 4.69) is 11.7 Å². The molecule has 6 nitrogen and oxygen atoms in total. The minimum atomic E-state index is -0.717. The minimum Gasteiger partial charge on any atom is -0.481 e. The van der Waals surface area contributed by atoms with Crippen molar-refractivity contribution in [3.05, 3.63) is 0 Å². The first-order valence-electron chi connectivity index (χ1n) is 9.38. The second-order valence-electron chi connectivity index (χ2n) is 8.59. The molecule has 0 aromatic carbocycles. The van der Waals surface area contributed by atoms with E-state index in [1.54, 1.807) is 0 Å². The molecule has 0 heterocycles. The van der Waals surface area contributed by atoms with Gasteiger partial charge in [-0.1, -0.05) is 7.43 Å². The number of carboxylic acids is 1. The maximum atomic E-state index is 10.8. The molecule has 6 heteroatoms. The molecule has 0 aliphatic heterocycles. The number of hydrogen-bond donors (Lipinski definition) is 4. The van der Waals surface area contributed by atoms with Gasteiger partial charge in [0.1, 0.15) is 0 Å². The quantitative estimate of drug-likeness (QED) is 0.570. The summed E-state index contributed by atoms with van der Waals surface area (Å²) in [5, 5.41) is 37.4. The molecule has 0 saturated heterocycles. The average Bonchev–Trinajstić information content (AvgIpc) is 3.32. The number of aliphatic hydroxyl groups excluding tert-OH is 1. The number of nitrogens with zero attached hydrogens (tertiary/aromatic N) is 1. The number of rotatable bonds is 3. The normalized spacial score (nSPS) is 41.4. The number of aliphatic carboxylic acids is 1. The molecule has 0 radical (unpaired) electrons. The third-order valence-corrected chi connectivity index (χ3v) is 6.76. The van der Waals surface area contributed by atoms with E-state index < -0.39 is 17.0 Å². The van der Waals surface area contributed by atoms with Gasteiger partial charge in [-0.25, -0.2) is 0 Å². The molecule has 0 atom stereocenters. The fourth-order valence-corrected chi connectivity index (χ4v) is 4.98. The summed E-state index contributed by atoms with van der Waals surface area (Å²) in [6.07, 6.45) is 7.89. The van der Waals surface area contributed by atoms with Crippen LogP contribution in [0.1, 0.15) is 78.6 Å². The monoisotopic (exact) mass is 371 g/mol. The summed E-state index contributed by atoms with van der Waals surface area (Å²) in [5.74, 6) is -0.717. The highest BCUT2D eigenvalue weighted by molar-refractivity contribution is 5.76. The predicted molar refractivity (Wildman–Crippen MR) is 102 cm³/mol. The van der Waals surface area contributed by atoms with Gasteiger partial charge in [-0.15, -0.1) is 0 Å². The van der Waals surface area contributed by atoms with Gasteiger partial charge in [0.15, 0.2) is 0 Å². The topological polar surface area (TPSA) is 110 Å². The van der Waals surface area contributed by atoms with Crippen LogP contribution in [0.4, 0.5) is 0 Å². The molecular formula is C20H37NO5. The smallest absolute Gasteiger partial charge is 0.309 e. The van der Waals surface area contributed by atoms with Gasteiger partial charge in [-0.05, 0) is 83.3 Å². The SMILES string of the molecule is C.C=NCC.O=C(O)C12CCC(O)(CC1)C2.OCC12CCC(O)(CC1)C2. The van der Waals surface area contributed by atoms with Gasteiger partial charge in [0.05, 0.1) is 16.6 Å². The van der Waals surface area contributed by atoms with Crippen LogP contribution < -0.4 is 0 Å². The second kappa shape index (κ2) is 8.36. The summed E-state index contributed by atoms with van der Waals surface area (Å²) >= 11 is 0. The van der Waals surface area contributed by atoms with E-state index in [1.165, 1.54) is 0 Å². The third kappa shape index (κ3) is 4.65. The van der Waals surface area contributed by atoms with Gasteiger partial charge in [0.25, 0.3) is 0 Å². The van der Waals surface area contributed by atoms with Crippen LogP contribution in [0.25, 0.3) is 0 Å². The van der Waals surface area contributed by atoms with Crippen molar-refractivity contribution in [1.82, 2.24) is 0 Å². The average molecular weight is 372 g/mol. The van der Waals surface area contributed by atoms with Gasteiger partial charge in [0, 0.05) is 13.2 Å². The Morgan fingerprint density at radius 2 is 1.38 bits per heavy atom. The van der Waals surface area contributed by atoms with Crippen LogP contribution in [-0.2, 0) is 4.79 Å². The van der Waals surface area contributed by atoms with Crippen LogP contribution in [0.15, 0.2) is 4.99 Å². The van der Waals surface area contributed by atoms with Crippen molar-refractivity contribution < 1.29 is 25.2 Å². The molecule has 0 spiro atoms. The molecule has 0 amide bonds. The molecule has 0 aromatic heterocycles. The van der Waals surface area contributed by atoms with Gasteiger partial charge >= 0.3 is 5.97 Å². The van der Waals surface area contributed by atoms with Crippen LogP contribution in [0.5, 0.6) is 0 Å². The van der Waals surface area contributed by atoms with E-state index in [0.717, 1.165) is 38.6 Å². The molecule has 4 aliphatic rings. The molecule has 4 bridgehead atoms. The molecular weight excluding hydrogens is 334 g/mol. The van der Waals surface area contributed by atoms with Gasteiger partial charge in [-0.2, -0.15) is 0 Å². The first-order valence-corrected chi connectivity index (χ1v) is 9.38. The maximum absolute atomic E-state index is 10.8. The number of aliphatic imine (C=N–C) groups is 1. The van der Waals surface area contributed by atoms with Gasteiger partial charge < -0.3 is 25.4 Å². The lowest BCUT2D eigenvalue weighted by Crippen LogP contribution is -2.25. The highest BCUT2D eigenvalue weighted by atomic mass is 16.4. The largest absolute Gasteiger partial charge is 0.481 e. The van der Waals surface area contributed by atoms with Gasteiger partial charge in [0.2, 0.25) is 0 Å². The second-order valence-corrected chi connectivity index (χ2v) is 8.59. The molecule has 152 valence electrons. The Kier molecular flexibility index (Phi) is 7.41. The summed E-state index contributed by atoms with van der Waals surface area (Å²) in [6, 6.07) is 0. The van der Waals surface area contributed by atoms with Crippen LogP contribution in [-0.4, -0.2) is 57.5 Å². The molecule has 4 N–H and O–H groups in total. The highest BCUT2D eigenvalue weighted by Crippen LogP contribution is 2.57. The molecule has 4 aliphatic carbocycles.